The van der Waals surface area contributed by atoms with Crippen LogP contribution in [0.5, 0.6) is 0 Å². The Balaban J connectivity index is 2.43. The summed E-state index contributed by atoms with van der Waals surface area (Å²) in [5, 5.41) is 25.4. The van der Waals surface area contributed by atoms with Crippen LogP contribution in [0.4, 0.5) is 11.4 Å². The zero-order valence-corrected chi connectivity index (χ0v) is 11.3. The molecule has 0 aliphatic heterocycles. The number of non-ortho nitro benzene ring substituents is 1. The monoisotopic (exact) mass is 306 g/mol. The largest absolute Gasteiger partial charge is 0.461 e. The molecule has 2 aromatic rings. The maximum atomic E-state index is 11.7. The molecule has 0 aliphatic carbocycles. The summed E-state index contributed by atoms with van der Waals surface area (Å²) in [6, 6.07) is 5.19. The van der Waals surface area contributed by atoms with Crippen molar-refractivity contribution in [3.63, 3.8) is 0 Å². The minimum atomic E-state index is -0.908. The van der Waals surface area contributed by atoms with E-state index in [-0.39, 0.29) is 12.3 Å². The molecule has 0 spiro atoms. The van der Waals surface area contributed by atoms with Gasteiger partial charge in [0.1, 0.15) is 6.20 Å². The number of nitro groups is 2. The first kappa shape index (κ1) is 15.1. The Morgan fingerprint density at radius 1 is 1.23 bits per heavy atom. The molecule has 22 heavy (non-hydrogen) atoms. The van der Waals surface area contributed by atoms with Crippen molar-refractivity contribution in [3.8, 4) is 5.69 Å². The van der Waals surface area contributed by atoms with Crippen LogP contribution < -0.4 is 0 Å². The predicted molar refractivity (Wildman–Crippen MR) is 72.8 cm³/mol. The molecule has 0 atom stereocenters. The van der Waals surface area contributed by atoms with Crippen LogP contribution in [0.25, 0.3) is 5.69 Å². The summed E-state index contributed by atoms with van der Waals surface area (Å²) in [7, 11) is 0. The molecule has 1 aromatic carbocycles. The smallest absolute Gasteiger partial charge is 0.366 e. The zero-order chi connectivity index (χ0) is 16.3. The van der Waals surface area contributed by atoms with Gasteiger partial charge in [-0.1, -0.05) is 0 Å². The molecule has 0 fully saturated rings. The first-order valence-corrected chi connectivity index (χ1v) is 6.10. The number of hydrogen-bond acceptors (Lipinski definition) is 7. The van der Waals surface area contributed by atoms with Crippen LogP contribution in [-0.4, -0.2) is 32.2 Å². The van der Waals surface area contributed by atoms with E-state index in [1.807, 2.05) is 0 Å². The predicted octanol–water partition coefficient (Wildman–Crippen LogP) is 1.87. The van der Waals surface area contributed by atoms with Gasteiger partial charge in [0, 0.05) is 12.1 Å². The molecule has 2 rings (SSSR count). The van der Waals surface area contributed by atoms with E-state index in [0.29, 0.717) is 5.69 Å². The first-order chi connectivity index (χ1) is 10.4. The highest BCUT2D eigenvalue weighted by molar-refractivity contribution is 5.91. The standard InChI is InChI=1S/C12H10N4O6/c1-2-22-12(17)11-10(16(20)21)7-14(13-11)8-3-5-9(6-4-8)15(18)19/h3-7H,2H2,1H3. The summed E-state index contributed by atoms with van der Waals surface area (Å²) in [4.78, 5) is 31.9. The van der Waals surface area contributed by atoms with Crippen LogP contribution in [0.15, 0.2) is 30.5 Å². The molecular weight excluding hydrogens is 296 g/mol. The zero-order valence-electron chi connectivity index (χ0n) is 11.3. The summed E-state index contributed by atoms with van der Waals surface area (Å²) in [6.45, 7) is 1.62. The molecule has 0 radical (unpaired) electrons. The number of rotatable bonds is 5. The SMILES string of the molecule is CCOC(=O)c1nn(-c2ccc([N+](=O)[O-])cc2)cc1[N+](=O)[O-]. The third-order valence-corrected chi connectivity index (χ3v) is 2.69. The van der Waals surface area contributed by atoms with E-state index in [1.165, 1.54) is 24.3 Å². The number of nitrogens with zero attached hydrogens (tertiary/aromatic N) is 4. The number of hydrogen-bond donors (Lipinski definition) is 0. The van der Waals surface area contributed by atoms with Crippen molar-refractivity contribution in [2.24, 2.45) is 0 Å². The van der Waals surface area contributed by atoms with Gasteiger partial charge in [0.2, 0.25) is 5.69 Å². The van der Waals surface area contributed by atoms with Gasteiger partial charge in [-0.25, -0.2) is 9.48 Å². The number of carbonyl (C=O) groups is 1. The summed E-state index contributed by atoms with van der Waals surface area (Å²) in [5.74, 6) is -0.908. The second-order valence-corrected chi connectivity index (χ2v) is 4.06. The number of nitro benzene ring substituents is 1. The molecular formula is C12H10N4O6. The van der Waals surface area contributed by atoms with E-state index in [4.69, 9.17) is 4.74 Å². The van der Waals surface area contributed by atoms with Gasteiger partial charge >= 0.3 is 11.7 Å². The van der Waals surface area contributed by atoms with Crippen LogP contribution in [0.3, 0.4) is 0 Å². The van der Waals surface area contributed by atoms with E-state index in [0.717, 1.165) is 10.9 Å². The first-order valence-electron chi connectivity index (χ1n) is 6.10. The Bertz CT molecular complexity index is 737. The Kier molecular flexibility index (Phi) is 4.11. The molecule has 0 saturated heterocycles. The molecule has 10 nitrogen and oxygen atoms in total. The summed E-state index contributed by atoms with van der Waals surface area (Å²) in [5.41, 5.74) is -0.720. The van der Waals surface area contributed by atoms with Crippen molar-refractivity contribution in [2.75, 3.05) is 6.61 Å². The number of esters is 1. The van der Waals surface area contributed by atoms with Gasteiger partial charge in [-0.05, 0) is 19.1 Å². The fourth-order valence-corrected chi connectivity index (χ4v) is 1.70. The van der Waals surface area contributed by atoms with Gasteiger partial charge in [-0.2, -0.15) is 5.10 Å². The quantitative estimate of drug-likeness (QED) is 0.468. The molecule has 1 aromatic heterocycles. The Labute approximate surface area is 123 Å². The molecule has 1 heterocycles. The van der Waals surface area contributed by atoms with Gasteiger partial charge in [0.05, 0.1) is 22.1 Å². The molecule has 114 valence electrons. The molecule has 0 aliphatic rings. The van der Waals surface area contributed by atoms with Crippen LogP contribution in [0.1, 0.15) is 17.4 Å². The van der Waals surface area contributed by atoms with Crippen LogP contribution >= 0.6 is 0 Å². The number of ether oxygens (including phenoxy) is 1. The molecule has 0 unspecified atom stereocenters. The summed E-state index contributed by atoms with van der Waals surface area (Å²) >= 11 is 0. The molecule has 10 heteroatoms. The lowest BCUT2D eigenvalue weighted by atomic mass is 10.3. The molecule has 0 saturated carbocycles. The lowest BCUT2D eigenvalue weighted by Gasteiger charge is -2.00. The second kappa shape index (κ2) is 5.99. The van der Waals surface area contributed by atoms with E-state index in [9.17, 15) is 25.0 Å². The highest BCUT2D eigenvalue weighted by Gasteiger charge is 2.27. The minimum Gasteiger partial charge on any atom is -0.461 e. The van der Waals surface area contributed by atoms with Crippen LogP contribution in [0.2, 0.25) is 0 Å². The summed E-state index contributed by atoms with van der Waals surface area (Å²) < 4.78 is 5.80. The van der Waals surface area contributed by atoms with Crippen molar-refractivity contribution in [1.82, 2.24) is 9.78 Å². The van der Waals surface area contributed by atoms with Crippen molar-refractivity contribution in [1.29, 1.82) is 0 Å². The van der Waals surface area contributed by atoms with E-state index >= 15 is 0 Å². The molecule has 0 bridgehead atoms. The third-order valence-electron chi connectivity index (χ3n) is 2.69. The highest BCUT2D eigenvalue weighted by Crippen LogP contribution is 2.22. The van der Waals surface area contributed by atoms with Crippen LogP contribution in [0, 0.1) is 20.2 Å². The maximum absolute atomic E-state index is 11.7. The van der Waals surface area contributed by atoms with Gasteiger partial charge in [-0.3, -0.25) is 20.2 Å². The Morgan fingerprint density at radius 3 is 2.36 bits per heavy atom. The lowest BCUT2D eigenvalue weighted by Crippen LogP contribution is -2.08. The summed E-state index contributed by atoms with van der Waals surface area (Å²) in [6.07, 6.45) is 1.05. The topological polar surface area (TPSA) is 130 Å². The van der Waals surface area contributed by atoms with Gasteiger partial charge in [0.25, 0.3) is 5.69 Å². The van der Waals surface area contributed by atoms with E-state index in [2.05, 4.69) is 5.10 Å². The van der Waals surface area contributed by atoms with E-state index in [1.54, 1.807) is 6.92 Å². The highest BCUT2D eigenvalue weighted by atomic mass is 16.6. The van der Waals surface area contributed by atoms with Crippen molar-refractivity contribution in [2.45, 2.75) is 6.92 Å². The number of carbonyl (C=O) groups excluding carboxylic acids is 1. The lowest BCUT2D eigenvalue weighted by molar-refractivity contribution is -0.385. The fourth-order valence-electron chi connectivity index (χ4n) is 1.70. The van der Waals surface area contributed by atoms with E-state index < -0.39 is 27.2 Å². The van der Waals surface area contributed by atoms with Crippen molar-refractivity contribution >= 4 is 17.3 Å². The third kappa shape index (κ3) is 2.90. The Morgan fingerprint density at radius 2 is 1.86 bits per heavy atom. The maximum Gasteiger partial charge on any atom is 0.366 e. The fraction of sp³-hybridized carbons (Fsp3) is 0.167. The number of aromatic nitrogens is 2. The van der Waals surface area contributed by atoms with Crippen molar-refractivity contribution in [3.05, 3.63) is 56.4 Å². The van der Waals surface area contributed by atoms with Crippen molar-refractivity contribution < 1.29 is 19.4 Å². The van der Waals surface area contributed by atoms with Gasteiger partial charge < -0.3 is 4.74 Å². The van der Waals surface area contributed by atoms with Gasteiger partial charge in [0.15, 0.2) is 0 Å². The average molecular weight is 306 g/mol. The molecule has 0 amide bonds. The number of benzene rings is 1. The Hall–Kier alpha value is -3.30. The average Bonchev–Trinajstić information content (AvgIpc) is 2.93. The normalized spacial score (nSPS) is 10.2. The van der Waals surface area contributed by atoms with Crippen LogP contribution in [-0.2, 0) is 4.74 Å². The second-order valence-electron chi connectivity index (χ2n) is 4.06. The minimum absolute atomic E-state index is 0.0559. The molecule has 0 N–H and O–H groups in total. The van der Waals surface area contributed by atoms with Gasteiger partial charge in [-0.15, -0.1) is 0 Å².